The Labute approximate surface area is 113 Å². The Morgan fingerprint density at radius 2 is 1.61 bits per heavy atom. The molecular weight excluding hydrogens is 224 g/mol. The largest absolute Gasteiger partial charge is 0.395 e. The van der Waals surface area contributed by atoms with Gasteiger partial charge in [0.2, 0.25) is 0 Å². The van der Waals surface area contributed by atoms with Crippen molar-refractivity contribution in [1.82, 2.24) is 9.80 Å². The minimum Gasteiger partial charge on any atom is -0.395 e. The molecule has 2 heterocycles. The van der Waals surface area contributed by atoms with Gasteiger partial charge in [-0.05, 0) is 60.2 Å². The van der Waals surface area contributed by atoms with Gasteiger partial charge in [0.15, 0.2) is 0 Å². The van der Waals surface area contributed by atoms with Gasteiger partial charge < -0.3 is 10.0 Å². The van der Waals surface area contributed by atoms with Gasteiger partial charge >= 0.3 is 0 Å². The highest BCUT2D eigenvalue weighted by Gasteiger charge is 2.23. The summed E-state index contributed by atoms with van der Waals surface area (Å²) in [4.78, 5) is 4.72. The molecule has 0 saturated carbocycles. The molecule has 2 unspecified atom stereocenters. The van der Waals surface area contributed by atoms with E-state index in [0.29, 0.717) is 18.7 Å². The lowest BCUT2D eigenvalue weighted by Crippen LogP contribution is -2.44. The summed E-state index contributed by atoms with van der Waals surface area (Å²) >= 11 is 0. The molecule has 18 heavy (non-hydrogen) atoms. The number of nitrogens with zero attached hydrogens (tertiary/aromatic N) is 2. The molecule has 2 saturated heterocycles. The van der Waals surface area contributed by atoms with E-state index in [4.69, 9.17) is 5.11 Å². The number of rotatable bonds is 1. The fraction of sp³-hybridized carbons (Fsp3) is 1.00. The van der Waals surface area contributed by atoms with Gasteiger partial charge in [-0.2, -0.15) is 0 Å². The van der Waals surface area contributed by atoms with E-state index < -0.39 is 0 Å². The second-order valence-electron chi connectivity index (χ2n) is 6.11. The highest BCUT2D eigenvalue weighted by molar-refractivity contribution is 4.78. The first kappa shape index (κ1) is 15.9. The van der Waals surface area contributed by atoms with E-state index in [-0.39, 0.29) is 0 Å². The Bertz CT molecular complexity index is 213. The van der Waals surface area contributed by atoms with Gasteiger partial charge in [0.1, 0.15) is 0 Å². The predicted molar refractivity (Wildman–Crippen MR) is 77.9 cm³/mol. The van der Waals surface area contributed by atoms with E-state index in [1.807, 2.05) is 0 Å². The van der Waals surface area contributed by atoms with Crippen molar-refractivity contribution < 1.29 is 5.11 Å². The lowest BCUT2D eigenvalue weighted by Gasteiger charge is -2.36. The van der Waals surface area contributed by atoms with Crippen molar-refractivity contribution in [1.29, 1.82) is 0 Å². The van der Waals surface area contributed by atoms with Crippen LogP contribution >= 0.6 is 0 Å². The number of aliphatic hydroxyl groups is 1. The Morgan fingerprint density at radius 3 is 2.06 bits per heavy atom. The van der Waals surface area contributed by atoms with Crippen LogP contribution in [-0.2, 0) is 0 Å². The highest BCUT2D eigenvalue weighted by atomic mass is 16.3. The summed E-state index contributed by atoms with van der Waals surface area (Å²) in [6, 6.07) is 1.92. The van der Waals surface area contributed by atoms with Crippen LogP contribution in [0.25, 0.3) is 0 Å². The van der Waals surface area contributed by atoms with Crippen LogP contribution in [0.1, 0.15) is 52.4 Å². The lowest BCUT2D eigenvalue weighted by atomic mass is 9.98. The zero-order valence-corrected chi connectivity index (χ0v) is 12.7. The Balaban J connectivity index is 0.000000184. The number of aliphatic hydroxyl groups excluding tert-OH is 1. The van der Waals surface area contributed by atoms with E-state index in [2.05, 4.69) is 37.7 Å². The normalized spacial score (nSPS) is 34.8. The molecular formula is C15H32N2O. The average molecular weight is 256 g/mol. The third-order valence-electron chi connectivity index (χ3n) is 4.78. The maximum atomic E-state index is 8.94. The Morgan fingerprint density at radius 1 is 0.944 bits per heavy atom. The van der Waals surface area contributed by atoms with Crippen molar-refractivity contribution in [2.24, 2.45) is 0 Å². The van der Waals surface area contributed by atoms with Crippen LogP contribution < -0.4 is 0 Å². The summed E-state index contributed by atoms with van der Waals surface area (Å²) in [5, 5.41) is 8.94. The molecule has 0 spiro atoms. The second kappa shape index (κ2) is 8.13. The van der Waals surface area contributed by atoms with Crippen LogP contribution in [0, 0.1) is 0 Å². The van der Waals surface area contributed by atoms with Crippen molar-refractivity contribution in [3.8, 4) is 0 Å². The van der Waals surface area contributed by atoms with E-state index in [1.165, 1.54) is 38.6 Å². The summed E-state index contributed by atoms with van der Waals surface area (Å²) < 4.78 is 0. The molecule has 2 fully saturated rings. The molecule has 0 bridgehead atoms. The third kappa shape index (κ3) is 4.87. The number of piperidine rings is 2. The van der Waals surface area contributed by atoms with Crippen LogP contribution in [0.2, 0.25) is 0 Å². The van der Waals surface area contributed by atoms with Crippen molar-refractivity contribution in [3.05, 3.63) is 0 Å². The molecule has 2 aliphatic heterocycles. The highest BCUT2D eigenvalue weighted by Crippen LogP contribution is 2.19. The van der Waals surface area contributed by atoms with Crippen molar-refractivity contribution >= 4 is 0 Å². The lowest BCUT2D eigenvalue weighted by molar-refractivity contribution is 0.0759. The van der Waals surface area contributed by atoms with Crippen LogP contribution in [0.15, 0.2) is 0 Å². The number of likely N-dealkylation sites (tertiary alicyclic amines) is 2. The monoisotopic (exact) mass is 256 g/mol. The fourth-order valence-corrected chi connectivity index (χ4v) is 2.88. The Hall–Kier alpha value is -0.120. The molecule has 0 aliphatic carbocycles. The molecule has 3 atom stereocenters. The fourth-order valence-electron chi connectivity index (χ4n) is 2.88. The number of hydrogen-bond acceptors (Lipinski definition) is 3. The zero-order valence-electron chi connectivity index (χ0n) is 12.7. The van der Waals surface area contributed by atoms with Gasteiger partial charge in [-0.25, -0.2) is 0 Å². The molecule has 1 N–H and O–H groups in total. The van der Waals surface area contributed by atoms with Gasteiger partial charge in [0, 0.05) is 18.1 Å². The summed E-state index contributed by atoms with van der Waals surface area (Å²) in [7, 11) is 4.31. The molecule has 3 heteroatoms. The molecule has 0 aromatic rings. The van der Waals surface area contributed by atoms with E-state index in [1.54, 1.807) is 0 Å². The molecule has 3 nitrogen and oxygen atoms in total. The van der Waals surface area contributed by atoms with Gasteiger partial charge in [-0.3, -0.25) is 4.90 Å². The quantitative estimate of drug-likeness (QED) is 0.780. The summed E-state index contributed by atoms with van der Waals surface area (Å²) in [5.41, 5.74) is 0. The van der Waals surface area contributed by atoms with E-state index in [9.17, 15) is 0 Å². The molecule has 2 rings (SSSR count). The molecule has 2 aliphatic rings. The summed E-state index contributed by atoms with van der Waals surface area (Å²) in [6.07, 6.45) is 7.96. The first-order valence-electron chi connectivity index (χ1n) is 7.59. The van der Waals surface area contributed by atoms with Crippen LogP contribution in [0.4, 0.5) is 0 Å². The maximum absolute atomic E-state index is 8.94. The van der Waals surface area contributed by atoms with Crippen LogP contribution in [0.3, 0.4) is 0 Å². The van der Waals surface area contributed by atoms with Crippen LogP contribution in [0.5, 0.6) is 0 Å². The molecule has 0 radical (unpaired) electrons. The summed E-state index contributed by atoms with van der Waals surface area (Å²) in [5.74, 6) is 0. The van der Waals surface area contributed by atoms with E-state index >= 15 is 0 Å². The second-order valence-corrected chi connectivity index (χ2v) is 6.11. The van der Waals surface area contributed by atoms with Crippen molar-refractivity contribution in [3.63, 3.8) is 0 Å². The standard InChI is InChI=1S/C8H17NO.C7H15N/c1-7-4-3-5-8(6-10)9(7)2;1-7-5-3-4-6-8(7)2/h7-8,10H,3-6H2,1-2H3;7H,3-6H2,1-2H3/t;7-/m.1/s1. The van der Waals surface area contributed by atoms with Crippen molar-refractivity contribution in [2.75, 3.05) is 27.2 Å². The minimum absolute atomic E-state index is 0.320. The van der Waals surface area contributed by atoms with Gasteiger partial charge in [0.05, 0.1) is 6.61 Å². The topological polar surface area (TPSA) is 26.7 Å². The van der Waals surface area contributed by atoms with Gasteiger partial charge in [0.25, 0.3) is 0 Å². The van der Waals surface area contributed by atoms with Crippen molar-refractivity contribution in [2.45, 2.75) is 70.5 Å². The molecule has 0 aromatic carbocycles. The summed E-state index contributed by atoms with van der Waals surface area (Å²) in [6.45, 7) is 6.16. The number of likely N-dealkylation sites (N-methyl/N-ethyl adjacent to an activating group) is 1. The van der Waals surface area contributed by atoms with Gasteiger partial charge in [-0.15, -0.1) is 0 Å². The first-order chi connectivity index (χ1) is 8.56. The smallest absolute Gasteiger partial charge is 0.0586 e. The minimum atomic E-state index is 0.320. The average Bonchev–Trinajstić information content (AvgIpc) is 2.37. The Kier molecular flexibility index (Phi) is 7.20. The molecule has 0 aromatic heterocycles. The van der Waals surface area contributed by atoms with E-state index in [0.717, 1.165) is 12.5 Å². The number of hydrogen-bond donors (Lipinski definition) is 1. The van der Waals surface area contributed by atoms with Gasteiger partial charge in [-0.1, -0.05) is 12.8 Å². The predicted octanol–water partition coefficient (Wildman–Crippen LogP) is 2.34. The molecule has 0 amide bonds. The molecule has 108 valence electrons. The third-order valence-corrected chi connectivity index (χ3v) is 4.78. The maximum Gasteiger partial charge on any atom is 0.0586 e. The zero-order chi connectivity index (χ0) is 13.5. The first-order valence-corrected chi connectivity index (χ1v) is 7.59. The van der Waals surface area contributed by atoms with Crippen LogP contribution in [-0.4, -0.2) is 60.3 Å². The SMILES string of the molecule is CC1CCCC(CO)N1C.C[C@@H]1CCCCN1C.